The van der Waals surface area contributed by atoms with E-state index in [1.165, 1.54) is 18.7 Å². The Bertz CT molecular complexity index is 1100. The van der Waals surface area contributed by atoms with Gasteiger partial charge in [-0.3, -0.25) is 24.0 Å². The SMILES string of the molecule is CCN1C(=O)/C(=N\O[C@@H]2O[C@H](COC(C)=O)[C@H](OC(C)=O)[C@H](OC(C)=O)[C@H]2NC(C)=O)c2ccccc21. The Morgan fingerprint density at radius 2 is 1.65 bits per heavy atom. The number of carbonyl (C=O) groups is 5. The molecule has 3 rings (SSSR count). The number of likely N-dealkylation sites (N-methyl/N-ethyl adjacent to an activating group) is 1. The summed E-state index contributed by atoms with van der Waals surface area (Å²) in [6, 6.07) is 5.80. The van der Waals surface area contributed by atoms with Crippen LogP contribution in [0.5, 0.6) is 0 Å². The first kappa shape index (κ1) is 27.6. The van der Waals surface area contributed by atoms with Gasteiger partial charge in [-0.1, -0.05) is 23.4 Å². The summed E-state index contributed by atoms with van der Waals surface area (Å²) in [6.45, 7) is 6.49. The van der Waals surface area contributed by atoms with Gasteiger partial charge in [0.2, 0.25) is 5.91 Å². The van der Waals surface area contributed by atoms with Crippen molar-refractivity contribution in [3.05, 3.63) is 29.8 Å². The Morgan fingerprint density at radius 1 is 1.00 bits per heavy atom. The Labute approximate surface area is 213 Å². The van der Waals surface area contributed by atoms with Crippen LogP contribution >= 0.6 is 0 Å². The summed E-state index contributed by atoms with van der Waals surface area (Å²) in [6.07, 6.45) is -5.16. The van der Waals surface area contributed by atoms with E-state index in [9.17, 15) is 24.0 Å². The molecular formula is C24H29N3O10. The van der Waals surface area contributed by atoms with Crippen molar-refractivity contribution in [3.63, 3.8) is 0 Å². The number of carbonyl (C=O) groups excluding carboxylic acids is 5. The largest absolute Gasteiger partial charge is 0.463 e. The molecule has 0 saturated carbocycles. The average molecular weight is 520 g/mol. The number of anilines is 1. The smallest absolute Gasteiger partial charge is 0.303 e. The van der Waals surface area contributed by atoms with Crippen LogP contribution in [0.15, 0.2) is 29.4 Å². The summed E-state index contributed by atoms with van der Waals surface area (Å²) < 4.78 is 21.7. The van der Waals surface area contributed by atoms with Crippen LogP contribution in [0.2, 0.25) is 0 Å². The molecule has 200 valence electrons. The molecule has 5 atom stereocenters. The van der Waals surface area contributed by atoms with Gasteiger partial charge in [0.25, 0.3) is 12.2 Å². The second kappa shape index (κ2) is 11.8. The molecule has 0 aromatic heterocycles. The minimum atomic E-state index is -1.43. The van der Waals surface area contributed by atoms with E-state index in [0.29, 0.717) is 17.8 Å². The van der Waals surface area contributed by atoms with Gasteiger partial charge in [0.1, 0.15) is 18.8 Å². The summed E-state index contributed by atoms with van der Waals surface area (Å²) in [5, 5.41) is 6.62. The summed E-state index contributed by atoms with van der Waals surface area (Å²) in [4.78, 5) is 67.4. The number of amides is 2. The maximum atomic E-state index is 13.0. The monoisotopic (exact) mass is 519 g/mol. The second-order valence-electron chi connectivity index (χ2n) is 8.33. The van der Waals surface area contributed by atoms with Crippen molar-refractivity contribution in [2.24, 2.45) is 5.16 Å². The molecule has 13 nitrogen and oxygen atoms in total. The molecule has 2 heterocycles. The van der Waals surface area contributed by atoms with E-state index < -0.39 is 60.4 Å². The molecule has 1 aromatic carbocycles. The Morgan fingerprint density at radius 3 is 2.24 bits per heavy atom. The summed E-state index contributed by atoms with van der Waals surface area (Å²) in [7, 11) is 0. The van der Waals surface area contributed by atoms with Gasteiger partial charge in [-0.25, -0.2) is 0 Å². The van der Waals surface area contributed by atoms with Crippen LogP contribution in [0.3, 0.4) is 0 Å². The number of para-hydroxylation sites is 1. The van der Waals surface area contributed by atoms with E-state index >= 15 is 0 Å². The van der Waals surface area contributed by atoms with Crippen LogP contribution in [-0.4, -0.2) is 79.2 Å². The molecule has 1 N–H and O–H groups in total. The van der Waals surface area contributed by atoms with Crippen LogP contribution in [-0.2, 0) is 47.8 Å². The highest BCUT2D eigenvalue weighted by Gasteiger charge is 2.52. The van der Waals surface area contributed by atoms with Crippen LogP contribution in [0.25, 0.3) is 0 Å². The van der Waals surface area contributed by atoms with Crippen LogP contribution in [0, 0.1) is 0 Å². The number of nitrogens with zero attached hydrogens (tertiary/aromatic N) is 2. The van der Waals surface area contributed by atoms with E-state index in [-0.39, 0.29) is 12.3 Å². The molecule has 1 fully saturated rings. The zero-order valence-electron chi connectivity index (χ0n) is 21.1. The lowest BCUT2D eigenvalue weighted by Gasteiger charge is -2.43. The molecule has 37 heavy (non-hydrogen) atoms. The van der Waals surface area contributed by atoms with E-state index in [0.717, 1.165) is 13.8 Å². The van der Waals surface area contributed by atoms with Gasteiger partial charge in [0.05, 0.1) is 5.69 Å². The molecule has 2 amide bonds. The van der Waals surface area contributed by atoms with Crippen molar-refractivity contribution in [2.75, 3.05) is 18.1 Å². The Hall–Kier alpha value is -4.00. The van der Waals surface area contributed by atoms with E-state index in [1.54, 1.807) is 24.3 Å². The minimum absolute atomic E-state index is 0.00491. The van der Waals surface area contributed by atoms with Crippen molar-refractivity contribution in [3.8, 4) is 0 Å². The van der Waals surface area contributed by atoms with Crippen molar-refractivity contribution in [1.82, 2.24) is 5.32 Å². The molecule has 0 unspecified atom stereocenters. The number of hydrogen-bond acceptors (Lipinski definition) is 11. The lowest BCUT2D eigenvalue weighted by atomic mass is 9.96. The molecule has 0 spiro atoms. The first-order valence-corrected chi connectivity index (χ1v) is 11.6. The normalized spacial score (nSPS) is 25.8. The number of fused-ring (bicyclic) bond motifs is 1. The van der Waals surface area contributed by atoms with E-state index in [1.807, 2.05) is 6.92 Å². The number of benzene rings is 1. The average Bonchev–Trinajstić information content (AvgIpc) is 3.09. The quantitative estimate of drug-likeness (QED) is 0.290. The summed E-state index contributed by atoms with van der Waals surface area (Å²) >= 11 is 0. The fraction of sp³-hybridized carbons (Fsp3) is 0.500. The molecule has 13 heteroatoms. The van der Waals surface area contributed by atoms with Crippen molar-refractivity contribution in [1.29, 1.82) is 0 Å². The minimum Gasteiger partial charge on any atom is -0.463 e. The first-order valence-electron chi connectivity index (χ1n) is 11.6. The van der Waals surface area contributed by atoms with Crippen LogP contribution in [0.1, 0.15) is 40.2 Å². The fourth-order valence-corrected chi connectivity index (χ4v) is 4.15. The molecule has 1 aromatic rings. The number of oxime groups is 1. The molecule has 0 radical (unpaired) electrons. The van der Waals surface area contributed by atoms with Gasteiger partial charge in [-0.05, 0) is 13.0 Å². The van der Waals surface area contributed by atoms with Gasteiger partial charge in [-0.15, -0.1) is 0 Å². The van der Waals surface area contributed by atoms with Crippen LogP contribution < -0.4 is 10.2 Å². The maximum absolute atomic E-state index is 13.0. The topological polar surface area (TPSA) is 159 Å². The lowest BCUT2D eigenvalue weighted by Crippen LogP contribution is -2.66. The molecule has 2 aliphatic heterocycles. The number of nitrogens with one attached hydrogen (secondary N) is 1. The third-order valence-electron chi connectivity index (χ3n) is 5.53. The molecule has 0 aliphatic carbocycles. The van der Waals surface area contributed by atoms with Gasteiger partial charge >= 0.3 is 17.9 Å². The Kier molecular flexibility index (Phi) is 8.81. The van der Waals surface area contributed by atoms with Gasteiger partial charge in [0, 0.05) is 39.8 Å². The number of esters is 3. The summed E-state index contributed by atoms with van der Waals surface area (Å²) in [5.74, 6) is -3.04. The molecular weight excluding hydrogens is 490 g/mol. The van der Waals surface area contributed by atoms with Crippen molar-refractivity contribution in [2.45, 2.75) is 65.3 Å². The van der Waals surface area contributed by atoms with Crippen molar-refractivity contribution >= 4 is 41.1 Å². The lowest BCUT2D eigenvalue weighted by molar-refractivity contribution is -0.278. The van der Waals surface area contributed by atoms with Gasteiger partial charge in [-0.2, -0.15) is 0 Å². The third-order valence-corrected chi connectivity index (χ3v) is 5.53. The van der Waals surface area contributed by atoms with E-state index in [4.69, 9.17) is 23.8 Å². The van der Waals surface area contributed by atoms with E-state index in [2.05, 4.69) is 10.5 Å². The van der Waals surface area contributed by atoms with Gasteiger partial charge in [0.15, 0.2) is 17.9 Å². The fourth-order valence-electron chi connectivity index (χ4n) is 4.15. The zero-order valence-corrected chi connectivity index (χ0v) is 21.1. The second-order valence-corrected chi connectivity index (χ2v) is 8.33. The number of ether oxygens (including phenoxy) is 4. The van der Waals surface area contributed by atoms with Gasteiger partial charge < -0.3 is 34.0 Å². The molecule has 2 aliphatic rings. The predicted octanol–water partition coefficient (Wildman–Crippen LogP) is 0.430. The van der Waals surface area contributed by atoms with Crippen molar-refractivity contribution < 1.29 is 47.8 Å². The highest BCUT2D eigenvalue weighted by atomic mass is 16.8. The molecule has 0 bridgehead atoms. The Balaban J connectivity index is 2.00. The maximum Gasteiger partial charge on any atom is 0.303 e. The summed E-state index contributed by atoms with van der Waals surface area (Å²) in [5.41, 5.74) is 1.19. The van der Waals surface area contributed by atoms with Crippen LogP contribution in [0.4, 0.5) is 5.69 Å². The number of rotatable bonds is 8. The highest BCUT2D eigenvalue weighted by molar-refractivity contribution is 6.54. The first-order chi connectivity index (χ1) is 17.5. The zero-order chi connectivity index (χ0) is 27.3. The number of hydrogen-bond donors (Lipinski definition) is 1. The highest BCUT2D eigenvalue weighted by Crippen LogP contribution is 2.31. The molecule has 1 saturated heterocycles. The standard InChI is InChI=1S/C24H29N3O10/c1-6-27-17-10-8-7-9-16(17)19(23(27)32)26-37-24-20(25-12(2)28)22(35-15(5)31)21(34-14(4)30)18(36-24)11-33-13(3)29/h7-10,18,20-22,24H,6,11H2,1-5H3,(H,25,28)/b26-19-/t18-,20-,21+,22-,24+/m1/s1. The predicted molar refractivity (Wildman–Crippen MR) is 126 cm³/mol. The third kappa shape index (κ3) is 6.42.